The van der Waals surface area contributed by atoms with Gasteiger partial charge in [-0.05, 0) is 35.4 Å². The maximum absolute atomic E-state index is 11.4. The molecule has 0 spiro atoms. The quantitative estimate of drug-likeness (QED) is 0.197. The Balaban J connectivity index is 0.000000178. The van der Waals surface area contributed by atoms with E-state index in [1.54, 1.807) is 32.8 Å². The second-order valence-electron chi connectivity index (χ2n) is 7.89. The number of aliphatic carboxylic acids is 1. The first-order valence-electron chi connectivity index (χ1n) is 11.5. The monoisotopic (exact) mass is 523 g/mol. The van der Waals surface area contributed by atoms with Crippen molar-refractivity contribution in [1.29, 1.82) is 0 Å². The zero-order chi connectivity index (χ0) is 27.5. The third-order valence-electron chi connectivity index (χ3n) is 5.31. The molecule has 13 heteroatoms. The van der Waals surface area contributed by atoms with Gasteiger partial charge in [0.05, 0.1) is 38.9 Å². The molecule has 0 amide bonds. The van der Waals surface area contributed by atoms with E-state index in [9.17, 15) is 9.59 Å². The molecule has 3 aromatic heterocycles. The molecule has 5 aromatic rings. The summed E-state index contributed by atoms with van der Waals surface area (Å²) >= 11 is 0. The van der Waals surface area contributed by atoms with Crippen LogP contribution in [0.15, 0.2) is 66.2 Å². The van der Waals surface area contributed by atoms with E-state index < -0.39 is 11.9 Å². The Kier molecular flexibility index (Phi) is 9.91. The van der Waals surface area contributed by atoms with Gasteiger partial charge < -0.3 is 30.4 Å². The second-order valence-corrected chi connectivity index (χ2v) is 7.89. The van der Waals surface area contributed by atoms with Crippen molar-refractivity contribution >= 4 is 33.9 Å². The molecule has 3 heterocycles. The minimum atomic E-state index is -0.808. The van der Waals surface area contributed by atoms with Gasteiger partial charge in [0, 0.05) is 12.4 Å². The molecule has 0 aliphatic carbocycles. The third-order valence-corrected chi connectivity index (χ3v) is 5.31. The van der Waals surface area contributed by atoms with E-state index in [2.05, 4.69) is 24.9 Å². The molecule has 6 N–H and O–H groups in total. The van der Waals surface area contributed by atoms with Gasteiger partial charge in [0.15, 0.2) is 11.2 Å². The van der Waals surface area contributed by atoms with Crippen LogP contribution in [0.4, 0.5) is 5.95 Å². The van der Waals surface area contributed by atoms with Gasteiger partial charge >= 0.3 is 5.97 Å². The number of hydrogen-bond acceptors (Lipinski definition) is 9. The molecule has 38 heavy (non-hydrogen) atoms. The van der Waals surface area contributed by atoms with Gasteiger partial charge in [-0.3, -0.25) is 19.1 Å². The second kappa shape index (κ2) is 13.5. The zero-order valence-corrected chi connectivity index (χ0v) is 20.9. The van der Waals surface area contributed by atoms with Gasteiger partial charge in [-0.25, -0.2) is 9.97 Å². The van der Waals surface area contributed by atoms with Crippen molar-refractivity contribution in [3.05, 3.63) is 77.4 Å². The maximum atomic E-state index is 11.4. The van der Waals surface area contributed by atoms with Crippen LogP contribution >= 0.6 is 0 Å². The largest absolute Gasteiger partial charge is 0.497 e. The average molecular weight is 524 g/mol. The highest BCUT2D eigenvalue weighted by atomic mass is 16.5. The van der Waals surface area contributed by atoms with Crippen LogP contribution in [0.3, 0.4) is 0 Å². The first kappa shape index (κ1) is 27.8. The van der Waals surface area contributed by atoms with Crippen LogP contribution in [-0.2, 0) is 16.3 Å². The Bertz CT molecular complexity index is 1500. The standard InChI is InChI=1S/C14H14O3.C8H11N5O3.C3H4N2/c1-9(14(15)16)10-3-4-12-8-13(17-2)6-5-11(12)7-10;9-8-11-6-5(7(15)12-8)10-3-13(6)4-16-2-1-14;1-2-5-3-4-1/h3-9H,1-2H3,(H,15,16);3,14H,1-2,4H2,(H3,9,11,12,15);1-3H,(H,4,5)/t9-;;/m0../s1. The molecule has 0 unspecified atom stereocenters. The molecule has 2 aromatic carbocycles. The molecule has 13 nitrogen and oxygen atoms in total. The number of aliphatic hydroxyl groups is 1. The average Bonchev–Trinajstić information content (AvgIpc) is 3.62. The lowest BCUT2D eigenvalue weighted by Gasteiger charge is -2.08. The van der Waals surface area contributed by atoms with Crippen molar-refractivity contribution in [3.8, 4) is 5.75 Å². The first-order chi connectivity index (χ1) is 18.3. The summed E-state index contributed by atoms with van der Waals surface area (Å²) in [6.45, 7) is 1.99. The van der Waals surface area contributed by atoms with Crippen molar-refractivity contribution in [2.24, 2.45) is 0 Å². The van der Waals surface area contributed by atoms with Crippen LogP contribution in [0.25, 0.3) is 21.9 Å². The fraction of sp³-hybridized carbons (Fsp3) is 0.240. The number of methoxy groups -OCH3 is 1. The van der Waals surface area contributed by atoms with Gasteiger partial charge in [-0.15, -0.1) is 0 Å². The number of benzene rings is 2. The molecule has 0 radical (unpaired) electrons. The highest BCUT2D eigenvalue weighted by Crippen LogP contribution is 2.25. The van der Waals surface area contributed by atoms with Crippen molar-refractivity contribution in [2.75, 3.05) is 26.1 Å². The van der Waals surface area contributed by atoms with Crippen LogP contribution in [0, 0.1) is 0 Å². The van der Waals surface area contributed by atoms with Crippen molar-refractivity contribution in [1.82, 2.24) is 29.5 Å². The first-order valence-corrected chi connectivity index (χ1v) is 11.5. The Morgan fingerprint density at radius 1 is 1.21 bits per heavy atom. The third kappa shape index (κ3) is 7.38. The number of nitrogen functional groups attached to an aromatic ring is 1. The van der Waals surface area contributed by atoms with E-state index in [1.165, 1.54) is 10.9 Å². The lowest BCUT2D eigenvalue weighted by molar-refractivity contribution is -0.138. The summed E-state index contributed by atoms with van der Waals surface area (Å²) in [5, 5.41) is 19.6. The molecule has 5 rings (SSSR count). The number of nitrogens with two attached hydrogens (primary N) is 1. The lowest BCUT2D eigenvalue weighted by Crippen LogP contribution is -2.13. The number of rotatable bonds is 7. The van der Waals surface area contributed by atoms with Crippen LogP contribution in [0.5, 0.6) is 5.75 Å². The number of carboxylic acids is 1. The van der Waals surface area contributed by atoms with Gasteiger partial charge in [-0.1, -0.05) is 24.3 Å². The van der Waals surface area contributed by atoms with Gasteiger partial charge in [-0.2, -0.15) is 4.98 Å². The van der Waals surface area contributed by atoms with Crippen molar-refractivity contribution in [3.63, 3.8) is 0 Å². The topological polar surface area (TPSA) is 194 Å². The number of ether oxygens (including phenoxy) is 2. The maximum Gasteiger partial charge on any atom is 0.310 e. The molecular weight excluding hydrogens is 494 g/mol. The zero-order valence-electron chi connectivity index (χ0n) is 20.9. The number of anilines is 1. The van der Waals surface area contributed by atoms with Crippen LogP contribution in [-0.4, -0.2) is 66.0 Å². The summed E-state index contributed by atoms with van der Waals surface area (Å²) in [5.41, 5.74) is 6.42. The summed E-state index contributed by atoms with van der Waals surface area (Å²) in [6, 6.07) is 11.4. The highest BCUT2D eigenvalue weighted by molar-refractivity contribution is 5.86. The fourth-order valence-corrected chi connectivity index (χ4v) is 3.29. The number of aromatic amines is 2. The smallest absolute Gasteiger partial charge is 0.310 e. The number of H-pyrrole nitrogens is 2. The summed E-state index contributed by atoms with van der Waals surface area (Å²) in [4.78, 5) is 38.9. The number of hydrogen-bond donors (Lipinski definition) is 5. The van der Waals surface area contributed by atoms with Crippen molar-refractivity contribution < 1.29 is 24.5 Å². The number of nitrogens with zero attached hydrogens (tertiary/aromatic N) is 4. The number of aliphatic hydroxyl groups excluding tert-OH is 1. The van der Waals surface area contributed by atoms with Gasteiger partial charge in [0.25, 0.3) is 5.56 Å². The highest BCUT2D eigenvalue weighted by Gasteiger charge is 2.13. The van der Waals surface area contributed by atoms with E-state index in [0.29, 0.717) is 5.65 Å². The number of carboxylic acid groups (broad SMARTS) is 1. The van der Waals surface area contributed by atoms with E-state index in [1.807, 2.05) is 36.4 Å². The minimum absolute atomic E-state index is 0.0291. The van der Waals surface area contributed by atoms with Gasteiger partial charge in [0.2, 0.25) is 5.95 Å². The summed E-state index contributed by atoms with van der Waals surface area (Å²) in [7, 11) is 1.63. The fourth-order valence-electron chi connectivity index (χ4n) is 3.29. The molecule has 0 bridgehead atoms. The van der Waals surface area contributed by atoms with E-state index >= 15 is 0 Å². The SMILES string of the molecule is COc1ccc2cc([C@H](C)C(=O)O)ccc2c1.Nc1nc2c(ncn2COCCO)c(=O)[nH]1.c1c[nH]cn1. The normalized spacial score (nSPS) is 11.2. The molecular formula is C25H29N7O6. The summed E-state index contributed by atoms with van der Waals surface area (Å²) in [6.07, 6.45) is 6.52. The van der Waals surface area contributed by atoms with E-state index in [-0.39, 0.29) is 37.0 Å². The lowest BCUT2D eigenvalue weighted by atomic mass is 9.98. The van der Waals surface area contributed by atoms with E-state index in [4.69, 9.17) is 25.4 Å². The minimum Gasteiger partial charge on any atom is -0.497 e. The Labute approximate surface area is 216 Å². The van der Waals surface area contributed by atoms with Crippen LogP contribution in [0.1, 0.15) is 18.4 Å². The van der Waals surface area contributed by atoms with Gasteiger partial charge in [0.1, 0.15) is 12.5 Å². The number of imidazole rings is 2. The predicted molar refractivity (Wildman–Crippen MR) is 141 cm³/mol. The number of nitrogens with one attached hydrogen (secondary N) is 2. The van der Waals surface area contributed by atoms with E-state index in [0.717, 1.165) is 22.1 Å². The Hall–Kier alpha value is -4.75. The van der Waals surface area contributed by atoms with Crippen LogP contribution in [0.2, 0.25) is 0 Å². The van der Waals surface area contributed by atoms with Crippen molar-refractivity contribution in [2.45, 2.75) is 19.6 Å². The number of aromatic nitrogens is 6. The molecule has 1 atom stereocenters. The molecule has 0 saturated carbocycles. The summed E-state index contributed by atoms with van der Waals surface area (Å²) < 4.78 is 11.8. The molecule has 0 saturated heterocycles. The summed E-state index contributed by atoms with van der Waals surface area (Å²) in [5.74, 6) is -0.461. The molecule has 0 aliphatic heterocycles. The molecule has 0 fully saturated rings. The predicted octanol–water partition coefficient (Wildman–Crippen LogP) is 2.11. The number of fused-ring (bicyclic) bond motifs is 2. The molecule has 200 valence electrons. The molecule has 0 aliphatic rings. The number of carbonyl (C=O) groups is 1. The Morgan fingerprint density at radius 2 is 1.97 bits per heavy atom. The Morgan fingerprint density at radius 3 is 2.61 bits per heavy atom. The van der Waals surface area contributed by atoms with Crippen LogP contribution < -0.4 is 16.0 Å².